The molecule has 0 radical (unpaired) electrons. The predicted molar refractivity (Wildman–Crippen MR) is 76.7 cm³/mol. The lowest BCUT2D eigenvalue weighted by molar-refractivity contribution is 0.557. The lowest BCUT2D eigenvalue weighted by Crippen LogP contribution is -2.16. The van der Waals surface area contributed by atoms with E-state index in [-0.39, 0.29) is 0 Å². The molecule has 0 bridgehead atoms. The summed E-state index contributed by atoms with van der Waals surface area (Å²) in [5.41, 5.74) is 0.963. The van der Waals surface area contributed by atoms with E-state index in [2.05, 4.69) is 14.7 Å². The molecular weight excluding hydrogens is 293 g/mol. The van der Waals surface area contributed by atoms with E-state index in [9.17, 15) is 12.8 Å². The number of rotatable bonds is 3. The molecule has 0 saturated heterocycles. The molecule has 0 atom stereocenters. The Balaban J connectivity index is 2.08. The fourth-order valence-electron chi connectivity index (χ4n) is 1.95. The zero-order valence-corrected chi connectivity index (χ0v) is 11.5. The summed E-state index contributed by atoms with van der Waals surface area (Å²) in [4.78, 5) is 7.72. The smallest absolute Gasteiger partial charge is 0.278 e. The van der Waals surface area contributed by atoms with Gasteiger partial charge in [0.05, 0.1) is 11.2 Å². The van der Waals surface area contributed by atoms with Gasteiger partial charge in [-0.05, 0) is 36.4 Å². The van der Waals surface area contributed by atoms with Crippen LogP contribution < -0.4 is 4.72 Å². The minimum atomic E-state index is -4.10. The Morgan fingerprint density at radius 3 is 2.52 bits per heavy atom. The van der Waals surface area contributed by atoms with Gasteiger partial charge in [0.15, 0.2) is 5.82 Å². The first kappa shape index (κ1) is 13.4. The van der Waals surface area contributed by atoms with Crippen molar-refractivity contribution < 1.29 is 12.8 Å². The highest BCUT2D eigenvalue weighted by Gasteiger charge is 2.21. The monoisotopic (exact) mass is 303 g/mol. The molecule has 0 aliphatic heterocycles. The maximum atomic E-state index is 13.6. The third-order valence-corrected chi connectivity index (χ3v) is 4.17. The number of nitrogens with one attached hydrogen (secondary N) is 1. The second kappa shape index (κ2) is 5.10. The van der Waals surface area contributed by atoms with E-state index in [0.717, 1.165) is 6.07 Å². The van der Waals surface area contributed by atoms with Crippen LogP contribution in [0.5, 0.6) is 0 Å². The molecule has 106 valence electrons. The topological polar surface area (TPSA) is 72.0 Å². The standard InChI is InChI=1S/C14H10FN3O2S/c15-11-5-3-9-17-14(11)21(19,20)18-13-7-1-6-12-10(13)4-2-8-16-12/h1-9,18H. The number of anilines is 1. The number of hydrogen-bond acceptors (Lipinski definition) is 4. The molecule has 1 aromatic carbocycles. The Hall–Kier alpha value is -2.54. The molecule has 5 nitrogen and oxygen atoms in total. The molecule has 0 amide bonds. The summed E-state index contributed by atoms with van der Waals surface area (Å²) >= 11 is 0. The van der Waals surface area contributed by atoms with Crippen LogP contribution in [0.2, 0.25) is 0 Å². The van der Waals surface area contributed by atoms with E-state index < -0.39 is 20.9 Å². The predicted octanol–water partition coefficient (Wildman–Crippen LogP) is 2.57. The molecule has 0 aliphatic rings. The maximum absolute atomic E-state index is 13.6. The van der Waals surface area contributed by atoms with Gasteiger partial charge < -0.3 is 0 Å². The average molecular weight is 303 g/mol. The molecule has 0 fully saturated rings. The molecule has 0 spiro atoms. The SMILES string of the molecule is O=S(=O)(Nc1cccc2ncccc12)c1ncccc1F. The summed E-state index contributed by atoms with van der Waals surface area (Å²) in [7, 11) is -4.10. The van der Waals surface area contributed by atoms with Crippen molar-refractivity contribution in [1.29, 1.82) is 0 Å². The summed E-state index contributed by atoms with van der Waals surface area (Å²) in [5.74, 6) is -0.900. The number of pyridine rings is 2. The molecule has 2 aromatic heterocycles. The number of sulfonamides is 1. The molecule has 1 N–H and O–H groups in total. The van der Waals surface area contributed by atoms with Gasteiger partial charge in [-0.15, -0.1) is 0 Å². The van der Waals surface area contributed by atoms with Gasteiger partial charge in [0, 0.05) is 17.8 Å². The molecule has 3 aromatic rings. The van der Waals surface area contributed by atoms with Crippen LogP contribution >= 0.6 is 0 Å². The summed E-state index contributed by atoms with van der Waals surface area (Å²) in [6.07, 6.45) is 2.83. The van der Waals surface area contributed by atoms with Crippen molar-refractivity contribution in [2.45, 2.75) is 5.03 Å². The third kappa shape index (κ3) is 2.55. The van der Waals surface area contributed by atoms with Crippen LogP contribution in [0.4, 0.5) is 10.1 Å². The van der Waals surface area contributed by atoms with Gasteiger partial charge in [-0.1, -0.05) is 6.07 Å². The van der Waals surface area contributed by atoms with Gasteiger partial charge in [-0.25, -0.2) is 9.37 Å². The van der Waals surface area contributed by atoms with Crippen LogP contribution in [0.25, 0.3) is 10.9 Å². The van der Waals surface area contributed by atoms with Gasteiger partial charge in [-0.2, -0.15) is 8.42 Å². The van der Waals surface area contributed by atoms with Crippen LogP contribution in [0, 0.1) is 5.82 Å². The highest BCUT2D eigenvalue weighted by atomic mass is 32.2. The molecular formula is C14H10FN3O2S. The van der Waals surface area contributed by atoms with E-state index in [0.29, 0.717) is 16.6 Å². The Morgan fingerprint density at radius 1 is 0.952 bits per heavy atom. The Labute approximate surface area is 120 Å². The molecule has 0 saturated carbocycles. The number of fused-ring (bicyclic) bond motifs is 1. The minimum Gasteiger partial charge on any atom is -0.278 e. The van der Waals surface area contributed by atoms with Crippen molar-refractivity contribution in [2.24, 2.45) is 0 Å². The first-order valence-electron chi connectivity index (χ1n) is 6.05. The molecule has 2 heterocycles. The van der Waals surface area contributed by atoms with Crippen LogP contribution in [0.15, 0.2) is 59.9 Å². The fraction of sp³-hybridized carbons (Fsp3) is 0. The van der Waals surface area contributed by atoms with Gasteiger partial charge in [0.1, 0.15) is 0 Å². The Kier molecular flexibility index (Phi) is 3.26. The molecule has 0 unspecified atom stereocenters. The zero-order valence-electron chi connectivity index (χ0n) is 10.7. The van der Waals surface area contributed by atoms with E-state index in [1.807, 2.05) is 0 Å². The Morgan fingerprint density at radius 2 is 1.71 bits per heavy atom. The van der Waals surface area contributed by atoms with Crippen molar-refractivity contribution in [3.05, 3.63) is 60.7 Å². The van der Waals surface area contributed by atoms with E-state index >= 15 is 0 Å². The van der Waals surface area contributed by atoms with Crippen molar-refractivity contribution in [3.63, 3.8) is 0 Å². The zero-order chi connectivity index (χ0) is 14.9. The van der Waals surface area contributed by atoms with Crippen molar-refractivity contribution in [2.75, 3.05) is 4.72 Å². The van der Waals surface area contributed by atoms with Gasteiger partial charge in [0.2, 0.25) is 5.03 Å². The third-order valence-electron chi connectivity index (χ3n) is 2.87. The number of nitrogens with zero attached hydrogens (tertiary/aromatic N) is 2. The lowest BCUT2D eigenvalue weighted by Gasteiger charge is -2.10. The fourth-order valence-corrected chi connectivity index (χ4v) is 3.04. The highest BCUT2D eigenvalue weighted by molar-refractivity contribution is 7.92. The van der Waals surface area contributed by atoms with Crippen LogP contribution in [-0.4, -0.2) is 18.4 Å². The molecule has 0 aliphatic carbocycles. The van der Waals surface area contributed by atoms with Gasteiger partial charge >= 0.3 is 0 Å². The first-order chi connectivity index (χ1) is 10.1. The van der Waals surface area contributed by atoms with Crippen LogP contribution in [-0.2, 0) is 10.0 Å². The number of benzene rings is 1. The second-order valence-electron chi connectivity index (χ2n) is 4.27. The van der Waals surface area contributed by atoms with Crippen molar-refractivity contribution in [3.8, 4) is 0 Å². The van der Waals surface area contributed by atoms with E-state index in [4.69, 9.17) is 0 Å². The summed E-state index contributed by atoms with van der Waals surface area (Å²) in [6.45, 7) is 0. The van der Waals surface area contributed by atoms with E-state index in [1.54, 1.807) is 36.5 Å². The van der Waals surface area contributed by atoms with Gasteiger partial charge in [0.25, 0.3) is 10.0 Å². The van der Waals surface area contributed by atoms with Crippen LogP contribution in [0.3, 0.4) is 0 Å². The molecule has 7 heteroatoms. The average Bonchev–Trinajstić information content (AvgIpc) is 2.47. The maximum Gasteiger partial charge on any atom is 0.282 e. The molecule has 3 rings (SSSR count). The molecule has 21 heavy (non-hydrogen) atoms. The number of aromatic nitrogens is 2. The van der Waals surface area contributed by atoms with E-state index in [1.165, 1.54) is 12.3 Å². The second-order valence-corrected chi connectivity index (χ2v) is 5.87. The lowest BCUT2D eigenvalue weighted by atomic mass is 10.2. The van der Waals surface area contributed by atoms with Crippen molar-refractivity contribution in [1.82, 2.24) is 9.97 Å². The number of halogens is 1. The highest BCUT2D eigenvalue weighted by Crippen LogP contribution is 2.24. The normalized spacial score (nSPS) is 11.5. The summed E-state index contributed by atoms with van der Waals surface area (Å²) in [5, 5.41) is -0.00851. The minimum absolute atomic E-state index is 0.325. The quantitative estimate of drug-likeness (QED) is 0.807. The Bertz CT molecular complexity index is 907. The summed E-state index contributed by atoms with van der Waals surface area (Å²) < 4.78 is 40.4. The number of hydrogen-bond donors (Lipinski definition) is 1. The largest absolute Gasteiger partial charge is 0.282 e. The van der Waals surface area contributed by atoms with Crippen LogP contribution in [0.1, 0.15) is 0 Å². The van der Waals surface area contributed by atoms with Gasteiger partial charge in [-0.3, -0.25) is 9.71 Å². The summed E-state index contributed by atoms with van der Waals surface area (Å²) in [6, 6.07) is 10.8. The van der Waals surface area contributed by atoms with Crippen molar-refractivity contribution >= 4 is 26.6 Å². The first-order valence-corrected chi connectivity index (χ1v) is 7.53.